The van der Waals surface area contributed by atoms with Crippen LogP contribution in [0, 0.1) is 0 Å². The van der Waals surface area contributed by atoms with Gasteiger partial charge in [-0.15, -0.1) is 0 Å². The number of carbonyl (C=O) groups excluding carboxylic acids is 4. The summed E-state index contributed by atoms with van der Waals surface area (Å²) in [5.41, 5.74) is 16.2. The molecule has 0 aromatic carbocycles. The van der Waals surface area contributed by atoms with E-state index in [1.54, 1.807) is 6.26 Å². The van der Waals surface area contributed by atoms with Gasteiger partial charge >= 0.3 is 11.9 Å². The number of carbonyl (C=O) groups is 6. The molecular weight excluding hydrogens is 484 g/mol. The number of unbranched alkanes of at least 4 members (excludes halogenated alkanes) is 1. The number of primary amides is 1. The van der Waals surface area contributed by atoms with Gasteiger partial charge in [0.2, 0.25) is 23.6 Å². The van der Waals surface area contributed by atoms with Crippen LogP contribution in [-0.4, -0.2) is 88.5 Å². The maximum absolute atomic E-state index is 12.8. The third-order valence-electron chi connectivity index (χ3n) is 4.86. The zero-order valence-corrected chi connectivity index (χ0v) is 20.5. The van der Waals surface area contributed by atoms with Gasteiger partial charge in [-0.25, -0.2) is 4.79 Å². The molecule has 0 fully saturated rings. The summed E-state index contributed by atoms with van der Waals surface area (Å²) in [7, 11) is 0. The molecule has 4 atom stereocenters. The summed E-state index contributed by atoms with van der Waals surface area (Å²) in [5.74, 6) is -5.63. The quantitative estimate of drug-likeness (QED) is 0.0824. The Morgan fingerprint density at radius 3 is 1.91 bits per heavy atom. The first-order chi connectivity index (χ1) is 16.4. The molecule has 200 valence electrons. The van der Waals surface area contributed by atoms with Gasteiger partial charge < -0.3 is 43.4 Å². The van der Waals surface area contributed by atoms with Crippen LogP contribution in [0.1, 0.15) is 44.9 Å². The second kappa shape index (κ2) is 17.5. The maximum Gasteiger partial charge on any atom is 0.326 e. The fourth-order valence-corrected chi connectivity index (χ4v) is 3.37. The van der Waals surface area contributed by atoms with Crippen molar-refractivity contribution in [3.63, 3.8) is 0 Å². The summed E-state index contributed by atoms with van der Waals surface area (Å²) in [4.78, 5) is 71.5. The number of carboxylic acid groups (broad SMARTS) is 2. The van der Waals surface area contributed by atoms with E-state index >= 15 is 0 Å². The summed E-state index contributed by atoms with van der Waals surface area (Å²) in [6, 6.07) is -5.15. The number of nitrogens with one attached hydrogen (secondary N) is 3. The fraction of sp³-hybridized carbons (Fsp3) is 0.700. The highest BCUT2D eigenvalue weighted by Gasteiger charge is 2.31. The van der Waals surface area contributed by atoms with Crippen molar-refractivity contribution in [3.05, 3.63) is 0 Å². The van der Waals surface area contributed by atoms with Crippen LogP contribution in [0.2, 0.25) is 0 Å². The zero-order chi connectivity index (χ0) is 27.0. The van der Waals surface area contributed by atoms with Crippen molar-refractivity contribution < 1.29 is 39.0 Å². The Balaban J connectivity index is 5.41. The smallest absolute Gasteiger partial charge is 0.326 e. The molecule has 0 aliphatic heterocycles. The van der Waals surface area contributed by atoms with Crippen molar-refractivity contribution in [3.8, 4) is 0 Å². The van der Waals surface area contributed by atoms with Crippen LogP contribution >= 0.6 is 11.8 Å². The monoisotopic (exact) mass is 520 g/mol. The third kappa shape index (κ3) is 14.2. The first kappa shape index (κ1) is 32.1. The van der Waals surface area contributed by atoms with Crippen molar-refractivity contribution >= 4 is 47.3 Å². The van der Waals surface area contributed by atoms with E-state index in [2.05, 4.69) is 16.0 Å². The minimum atomic E-state index is -1.52. The molecular formula is C20H36N6O8S. The van der Waals surface area contributed by atoms with Crippen LogP contribution in [-0.2, 0) is 28.8 Å². The van der Waals surface area contributed by atoms with E-state index in [0.717, 1.165) is 0 Å². The Morgan fingerprint density at radius 2 is 1.40 bits per heavy atom. The predicted octanol–water partition coefficient (Wildman–Crippen LogP) is -2.52. The molecule has 0 rings (SSSR count). The largest absolute Gasteiger partial charge is 0.481 e. The first-order valence-electron chi connectivity index (χ1n) is 11.0. The normalized spacial score (nSPS) is 14.1. The Bertz CT molecular complexity index is 753. The van der Waals surface area contributed by atoms with Crippen molar-refractivity contribution in [2.24, 2.45) is 17.2 Å². The van der Waals surface area contributed by atoms with Gasteiger partial charge in [0, 0.05) is 6.42 Å². The summed E-state index contributed by atoms with van der Waals surface area (Å²) < 4.78 is 0. The zero-order valence-electron chi connectivity index (χ0n) is 19.7. The van der Waals surface area contributed by atoms with E-state index in [-0.39, 0.29) is 25.7 Å². The molecule has 0 aromatic rings. The molecule has 0 aliphatic rings. The number of nitrogens with two attached hydrogens (primary N) is 3. The second-order valence-corrected chi connectivity index (χ2v) is 8.78. The molecule has 11 N–H and O–H groups in total. The summed E-state index contributed by atoms with van der Waals surface area (Å²) in [6.07, 6.45) is 2.04. The lowest BCUT2D eigenvalue weighted by Crippen LogP contribution is -2.57. The highest BCUT2D eigenvalue weighted by atomic mass is 32.2. The molecule has 0 heterocycles. The van der Waals surface area contributed by atoms with E-state index in [0.29, 0.717) is 25.1 Å². The Morgan fingerprint density at radius 1 is 0.829 bits per heavy atom. The lowest BCUT2D eigenvalue weighted by atomic mass is 10.1. The van der Waals surface area contributed by atoms with E-state index < -0.39 is 66.2 Å². The van der Waals surface area contributed by atoms with Gasteiger partial charge in [0.25, 0.3) is 0 Å². The number of rotatable bonds is 19. The van der Waals surface area contributed by atoms with Gasteiger partial charge in [0.1, 0.15) is 18.1 Å². The van der Waals surface area contributed by atoms with Gasteiger partial charge in [-0.05, 0) is 44.2 Å². The van der Waals surface area contributed by atoms with Crippen LogP contribution in [0.15, 0.2) is 0 Å². The topological polar surface area (TPSA) is 257 Å². The molecule has 0 saturated heterocycles. The molecule has 0 spiro atoms. The average Bonchev–Trinajstić information content (AvgIpc) is 2.77. The van der Waals surface area contributed by atoms with E-state index in [1.165, 1.54) is 11.8 Å². The Labute approximate surface area is 207 Å². The first-order valence-corrected chi connectivity index (χ1v) is 12.4. The molecule has 0 bridgehead atoms. The molecule has 4 unspecified atom stereocenters. The minimum absolute atomic E-state index is 0.0905. The fourth-order valence-electron chi connectivity index (χ4n) is 2.90. The third-order valence-corrected chi connectivity index (χ3v) is 5.50. The molecule has 0 saturated carbocycles. The number of amides is 4. The number of carboxylic acids is 2. The molecule has 0 aromatic heterocycles. The minimum Gasteiger partial charge on any atom is -0.481 e. The van der Waals surface area contributed by atoms with Gasteiger partial charge in [0.15, 0.2) is 0 Å². The number of hydrogen-bond acceptors (Lipinski definition) is 9. The van der Waals surface area contributed by atoms with Gasteiger partial charge in [-0.3, -0.25) is 24.0 Å². The molecule has 0 radical (unpaired) electrons. The van der Waals surface area contributed by atoms with Crippen molar-refractivity contribution in [2.45, 2.75) is 69.1 Å². The average molecular weight is 521 g/mol. The van der Waals surface area contributed by atoms with E-state index in [9.17, 15) is 33.9 Å². The van der Waals surface area contributed by atoms with Crippen LogP contribution in [0.3, 0.4) is 0 Å². The van der Waals surface area contributed by atoms with Crippen LogP contribution in [0.25, 0.3) is 0 Å². The molecule has 14 nitrogen and oxygen atoms in total. The summed E-state index contributed by atoms with van der Waals surface area (Å²) in [6.45, 7) is 0.420. The number of thioether (sulfide) groups is 1. The predicted molar refractivity (Wildman–Crippen MR) is 128 cm³/mol. The summed E-state index contributed by atoms with van der Waals surface area (Å²) >= 11 is 1.36. The highest BCUT2D eigenvalue weighted by molar-refractivity contribution is 7.98. The lowest BCUT2D eigenvalue weighted by Gasteiger charge is -2.24. The lowest BCUT2D eigenvalue weighted by molar-refractivity contribution is -0.143. The standard InChI is InChI=1S/C20H36N6O8S/c1-35-9-7-12(18(31)25-13(20(33)34)5-6-15(23)27)24-19(32)14(10-16(28)29)26-17(30)11(22)4-2-3-8-21/h11-14H,2-10,21-22H2,1H3,(H2,23,27)(H,24,32)(H,25,31)(H,26,30)(H,28,29)(H,33,34). The Kier molecular flexibility index (Phi) is 16.1. The molecule has 15 heteroatoms. The van der Waals surface area contributed by atoms with Crippen LogP contribution < -0.4 is 33.2 Å². The van der Waals surface area contributed by atoms with Crippen molar-refractivity contribution in [2.75, 3.05) is 18.6 Å². The highest BCUT2D eigenvalue weighted by Crippen LogP contribution is 2.06. The molecule has 0 aliphatic carbocycles. The van der Waals surface area contributed by atoms with Crippen molar-refractivity contribution in [1.29, 1.82) is 0 Å². The molecule has 4 amide bonds. The SMILES string of the molecule is CSCCC(NC(=O)C(CC(=O)O)NC(=O)C(N)CCCCN)C(=O)NC(CCC(N)=O)C(=O)O. The van der Waals surface area contributed by atoms with Gasteiger partial charge in [0.05, 0.1) is 12.5 Å². The number of hydrogen-bond donors (Lipinski definition) is 8. The van der Waals surface area contributed by atoms with E-state index in [1.807, 2.05) is 0 Å². The maximum atomic E-state index is 12.8. The van der Waals surface area contributed by atoms with Gasteiger partial charge in [-0.2, -0.15) is 11.8 Å². The molecule has 35 heavy (non-hydrogen) atoms. The van der Waals surface area contributed by atoms with E-state index in [4.69, 9.17) is 22.3 Å². The Hall–Kier alpha value is -2.91. The van der Waals surface area contributed by atoms with Crippen molar-refractivity contribution in [1.82, 2.24) is 16.0 Å². The van der Waals surface area contributed by atoms with Crippen LogP contribution in [0.5, 0.6) is 0 Å². The number of aliphatic carboxylic acids is 2. The van der Waals surface area contributed by atoms with Gasteiger partial charge in [-0.1, -0.05) is 6.42 Å². The van der Waals surface area contributed by atoms with Crippen LogP contribution in [0.4, 0.5) is 0 Å². The second-order valence-electron chi connectivity index (χ2n) is 7.80. The summed E-state index contributed by atoms with van der Waals surface area (Å²) in [5, 5.41) is 25.4.